The lowest BCUT2D eigenvalue weighted by Gasteiger charge is -2.16. The minimum Gasteiger partial charge on any atom is -0.489 e. The van der Waals surface area contributed by atoms with E-state index in [0.717, 1.165) is 41.0 Å². The molecule has 2 rings (SSSR count). The van der Waals surface area contributed by atoms with Gasteiger partial charge in [0, 0.05) is 12.6 Å². The Morgan fingerprint density at radius 1 is 1.08 bits per heavy atom. The van der Waals surface area contributed by atoms with Crippen molar-refractivity contribution in [1.29, 1.82) is 0 Å². The van der Waals surface area contributed by atoms with Crippen molar-refractivity contribution >= 4 is 11.7 Å². The van der Waals surface area contributed by atoms with Crippen LogP contribution in [0, 0.1) is 6.92 Å². The van der Waals surface area contributed by atoms with Crippen molar-refractivity contribution in [3.05, 3.63) is 58.7 Å². The minimum atomic E-state index is -0.222. The molecule has 0 heterocycles. The molecule has 0 atom stereocenters. The summed E-state index contributed by atoms with van der Waals surface area (Å²) >= 11 is 0. The number of carbonyl (C=O) groups excluding carboxylic acids is 1. The molecule has 0 aliphatic heterocycles. The first-order chi connectivity index (χ1) is 11.6. The SMILES string of the molecule is CCc1ccc(OCc2cccc(CC)c2NC(=O)NC)c(C)c1. The molecule has 0 unspecified atom stereocenters. The molecule has 0 saturated carbocycles. The normalized spacial score (nSPS) is 10.3. The third-order valence-electron chi connectivity index (χ3n) is 4.11. The first-order valence-corrected chi connectivity index (χ1v) is 8.40. The van der Waals surface area contributed by atoms with Gasteiger partial charge in [0.05, 0.1) is 5.69 Å². The lowest BCUT2D eigenvalue weighted by Crippen LogP contribution is -2.26. The first-order valence-electron chi connectivity index (χ1n) is 8.40. The van der Waals surface area contributed by atoms with E-state index in [9.17, 15) is 4.79 Å². The number of para-hydroxylation sites is 1. The Bertz CT molecular complexity index is 711. The lowest BCUT2D eigenvalue weighted by atomic mass is 10.1. The molecule has 4 heteroatoms. The van der Waals surface area contributed by atoms with Crippen molar-refractivity contribution in [3.8, 4) is 5.75 Å². The summed E-state index contributed by atoms with van der Waals surface area (Å²) in [6.45, 7) is 6.69. The van der Waals surface area contributed by atoms with Gasteiger partial charge >= 0.3 is 6.03 Å². The molecule has 0 aromatic heterocycles. The van der Waals surface area contributed by atoms with Gasteiger partial charge < -0.3 is 15.4 Å². The van der Waals surface area contributed by atoms with Gasteiger partial charge in [0.1, 0.15) is 12.4 Å². The number of carbonyl (C=O) groups is 1. The number of rotatable bonds is 6. The summed E-state index contributed by atoms with van der Waals surface area (Å²) in [7, 11) is 1.61. The highest BCUT2D eigenvalue weighted by Gasteiger charge is 2.11. The van der Waals surface area contributed by atoms with Gasteiger partial charge in [-0.15, -0.1) is 0 Å². The molecule has 0 saturated heterocycles. The van der Waals surface area contributed by atoms with Crippen LogP contribution in [-0.4, -0.2) is 13.1 Å². The van der Waals surface area contributed by atoms with Crippen LogP contribution in [0.2, 0.25) is 0 Å². The molecule has 0 radical (unpaired) electrons. The van der Waals surface area contributed by atoms with E-state index < -0.39 is 0 Å². The van der Waals surface area contributed by atoms with Crippen LogP contribution in [0.25, 0.3) is 0 Å². The summed E-state index contributed by atoms with van der Waals surface area (Å²) in [4.78, 5) is 11.7. The Morgan fingerprint density at radius 3 is 2.46 bits per heavy atom. The molecule has 24 heavy (non-hydrogen) atoms. The fourth-order valence-electron chi connectivity index (χ4n) is 2.65. The summed E-state index contributed by atoms with van der Waals surface area (Å²) in [6, 6.07) is 12.1. The monoisotopic (exact) mass is 326 g/mol. The number of urea groups is 1. The molecule has 0 spiro atoms. The van der Waals surface area contributed by atoms with Crippen molar-refractivity contribution in [1.82, 2.24) is 5.32 Å². The van der Waals surface area contributed by atoms with Gasteiger partial charge in [0.15, 0.2) is 0 Å². The van der Waals surface area contributed by atoms with Crippen molar-refractivity contribution in [2.45, 2.75) is 40.2 Å². The first kappa shape index (κ1) is 17.9. The number of aryl methyl sites for hydroxylation is 3. The number of hydrogen-bond acceptors (Lipinski definition) is 2. The molecule has 128 valence electrons. The fraction of sp³-hybridized carbons (Fsp3) is 0.350. The van der Waals surface area contributed by atoms with Gasteiger partial charge in [-0.05, 0) is 42.5 Å². The van der Waals surface area contributed by atoms with Crippen LogP contribution in [0.15, 0.2) is 36.4 Å². The topological polar surface area (TPSA) is 50.4 Å². The average Bonchev–Trinajstić information content (AvgIpc) is 2.61. The Labute approximate surface area is 144 Å². The van der Waals surface area contributed by atoms with E-state index in [0.29, 0.717) is 6.61 Å². The molecule has 0 bridgehead atoms. The highest BCUT2D eigenvalue weighted by molar-refractivity contribution is 5.90. The van der Waals surface area contributed by atoms with E-state index in [-0.39, 0.29) is 6.03 Å². The van der Waals surface area contributed by atoms with Crippen molar-refractivity contribution in [3.63, 3.8) is 0 Å². The van der Waals surface area contributed by atoms with E-state index in [1.807, 2.05) is 24.3 Å². The second kappa shape index (κ2) is 8.39. The predicted molar refractivity (Wildman–Crippen MR) is 98.8 cm³/mol. The predicted octanol–water partition coefficient (Wildman–Crippen LogP) is 4.45. The van der Waals surface area contributed by atoms with E-state index in [4.69, 9.17) is 4.74 Å². The number of anilines is 1. The molecular formula is C20H26N2O2. The van der Waals surface area contributed by atoms with Crippen LogP contribution in [0.5, 0.6) is 5.75 Å². The summed E-state index contributed by atoms with van der Waals surface area (Å²) in [6.07, 6.45) is 1.86. The Kier molecular flexibility index (Phi) is 6.24. The van der Waals surface area contributed by atoms with Crippen LogP contribution < -0.4 is 15.4 Å². The Hall–Kier alpha value is -2.49. The van der Waals surface area contributed by atoms with Gasteiger partial charge in [0.25, 0.3) is 0 Å². The molecule has 0 fully saturated rings. The Morgan fingerprint density at radius 2 is 1.83 bits per heavy atom. The maximum Gasteiger partial charge on any atom is 0.318 e. The van der Waals surface area contributed by atoms with Crippen molar-refractivity contribution in [2.24, 2.45) is 0 Å². The van der Waals surface area contributed by atoms with Crippen LogP contribution in [0.3, 0.4) is 0 Å². The fourth-order valence-corrected chi connectivity index (χ4v) is 2.65. The number of amides is 2. The molecular weight excluding hydrogens is 300 g/mol. The molecule has 0 aliphatic carbocycles. The van der Waals surface area contributed by atoms with E-state index in [1.54, 1.807) is 7.05 Å². The van der Waals surface area contributed by atoms with Crippen LogP contribution in [0.1, 0.15) is 36.1 Å². The molecule has 2 N–H and O–H groups in total. The summed E-state index contributed by atoms with van der Waals surface area (Å²) < 4.78 is 6.01. The van der Waals surface area contributed by atoms with Crippen molar-refractivity contribution in [2.75, 3.05) is 12.4 Å². The maximum atomic E-state index is 11.7. The number of nitrogens with one attached hydrogen (secondary N) is 2. The number of benzene rings is 2. The lowest BCUT2D eigenvalue weighted by molar-refractivity contribution is 0.254. The van der Waals surface area contributed by atoms with E-state index in [2.05, 4.69) is 43.5 Å². The maximum absolute atomic E-state index is 11.7. The van der Waals surface area contributed by atoms with Crippen LogP contribution in [-0.2, 0) is 19.4 Å². The van der Waals surface area contributed by atoms with Gasteiger partial charge in [-0.3, -0.25) is 0 Å². The smallest absolute Gasteiger partial charge is 0.318 e. The summed E-state index contributed by atoms with van der Waals surface area (Å²) in [5, 5.41) is 5.52. The van der Waals surface area contributed by atoms with E-state index >= 15 is 0 Å². The number of ether oxygens (including phenoxy) is 1. The van der Waals surface area contributed by atoms with Gasteiger partial charge in [-0.2, -0.15) is 0 Å². The Balaban J connectivity index is 2.21. The molecule has 2 amide bonds. The summed E-state index contributed by atoms with van der Waals surface area (Å²) in [5.41, 5.74) is 5.33. The largest absolute Gasteiger partial charge is 0.489 e. The van der Waals surface area contributed by atoms with Gasteiger partial charge in [0.2, 0.25) is 0 Å². The zero-order valence-electron chi connectivity index (χ0n) is 14.9. The summed E-state index contributed by atoms with van der Waals surface area (Å²) in [5.74, 6) is 0.875. The third-order valence-corrected chi connectivity index (χ3v) is 4.11. The van der Waals surface area contributed by atoms with Gasteiger partial charge in [-0.25, -0.2) is 4.79 Å². The highest BCUT2D eigenvalue weighted by atomic mass is 16.5. The molecule has 4 nitrogen and oxygen atoms in total. The molecule has 2 aromatic rings. The zero-order valence-corrected chi connectivity index (χ0v) is 14.9. The van der Waals surface area contributed by atoms with Crippen molar-refractivity contribution < 1.29 is 9.53 Å². The number of hydrogen-bond donors (Lipinski definition) is 2. The standard InChI is InChI=1S/C20H26N2O2/c1-5-15-10-11-18(14(3)12-15)24-13-17-9-7-8-16(6-2)19(17)22-20(23)21-4/h7-12H,5-6,13H2,1-4H3,(H2,21,22,23). The molecule has 2 aromatic carbocycles. The average molecular weight is 326 g/mol. The third kappa shape index (κ3) is 4.28. The second-order valence-corrected chi connectivity index (χ2v) is 5.75. The molecule has 0 aliphatic rings. The van der Waals surface area contributed by atoms with Crippen LogP contribution in [0.4, 0.5) is 10.5 Å². The van der Waals surface area contributed by atoms with E-state index in [1.165, 1.54) is 5.56 Å². The van der Waals surface area contributed by atoms with Gasteiger partial charge in [-0.1, -0.05) is 44.2 Å². The zero-order chi connectivity index (χ0) is 17.5. The van der Waals surface area contributed by atoms with Crippen LogP contribution >= 0.6 is 0 Å². The quantitative estimate of drug-likeness (QED) is 0.824. The second-order valence-electron chi connectivity index (χ2n) is 5.75. The minimum absolute atomic E-state index is 0.222. The highest BCUT2D eigenvalue weighted by Crippen LogP contribution is 2.25.